The van der Waals surface area contributed by atoms with Crippen LogP contribution in [0.4, 0.5) is 5.82 Å². The number of anilines is 1. The highest BCUT2D eigenvalue weighted by Gasteiger charge is 2.40. The molecule has 2 fully saturated rings. The summed E-state index contributed by atoms with van der Waals surface area (Å²) in [6, 6.07) is 2.25. The molecule has 5 heteroatoms. The zero-order chi connectivity index (χ0) is 13.2. The Morgan fingerprint density at radius 3 is 2.95 bits per heavy atom. The van der Waals surface area contributed by atoms with Crippen LogP contribution in [0.1, 0.15) is 32.0 Å². The van der Waals surface area contributed by atoms with E-state index in [9.17, 15) is 0 Å². The van der Waals surface area contributed by atoms with Gasteiger partial charge in [0, 0.05) is 12.7 Å². The maximum Gasteiger partial charge on any atom is 0.218 e. The van der Waals surface area contributed by atoms with Crippen LogP contribution in [0.5, 0.6) is 5.88 Å². The quantitative estimate of drug-likeness (QED) is 0.882. The van der Waals surface area contributed by atoms with Crippen molar-refractivity contribution in [1.82, 2.24) is 9.97 Å². The van der Waals surface area contributed by atoms with Crippen LogP contribution in [-0.4, -0.2) is 35.3 Å². The zero-order valence-electron chi connectivity index (χ0n) is 11.6. The highest BCUT2D eigenvalue weighted by molar-refractivity contribution is 5.40. The molecule has 1 N–H and O–H groups in total. The fraction of sp³-hybridized carbons (Fsp3) is 0.714. The molecule has 1 aliphatic carbocycles. The monoisotopic (exact) mass is 263 g/mol. The maximum atomic E-state index is 5.83. The number of nitrogens with one attached hydrogen (secondary N) is 1. The van der Waals surface area contributed by atoms with Gasteiger partial charge in [-0.15, -0.1) is 0 Å². The Morgan fingerprint density at radius 2 is 2.21 bits per heavy atom. The van der Waals surface area contributed by atoms with Crippen LogP contribution in [0.2, 0.25) is 0 Å². The normalized spacial score (nSPS) is 26.4. The molecule has 104 valence electrons. The molecule has 5 nitrogen and oxygen atoms in total. The van der Waals surface area contributed by atoms with Crippen molar-refractivity contribution in [3.8, 4) is 5.88 Å². The zero-order valence-corrected chi connectivity index (χ0v) is 11.6. The third kappa shape index (κ3) is 2.97. The number of nitrogens with zero attached hydrogens (tertiary/aromatic N) is 2. The maximum absolute atomic E-state index is 5.83. The first kappa shape index (κ1) is 12.7. The van der Waals surface area contributed by atoms with Gasteiger partial charge in [0.2, 0.25) is 5.88 Å². The van der Waals surface area contributed by atoms with Crippen molar-refractivity contribution in [3.05, 3.63) is 11.9 Å². The first-order valence-electron chi connectivity index (χ1n) is 7.13. The van der Waals surface area contributed by atoms with E-state index in [4.69, 9.17) is 9.47 Å². The van der Waals surface area contributed by atoms with Gasteiger partial charge in [-0.25, -0.2) is 4.98 Å². The summed E-state index contributed by atoms with van der Waals surface area (Å²) in [5.41, 5.74) is 0. The van der Waals surface area contributed by atoms with Gasteiger partial charge in [-0.3, -0.25) is 0 Å². The van der Waals surface area contributed by atoms with Crippen LogP contribution in [0, 0.1) is 12.8 Å². The molecule has 0 bridgehead atoms. The molecule has 19 heavy (non-hydrogen) atoms. The number of ether oxygens (including phenoxy) is 2. The van der Waals surface area contributed by atoms with Crippen molar-refractivity contribution >= 4 is 5.82 Å². The van der Waals surface area contributed by atoms with E-state index in [0.29, 0.717) is 24.6 Å². The second kappa shape index (κ2) is 5.33. The molecule has 0 aromatic carbocycles. The molecule has 1 saturated carbocycles. The number of aryl methyl sites for hydroxylation is 1. The number of rotatable bonds is 5. The van der Waals surface area contributed by atoms with Gasteiger partial charge in [-0.2, -0.15) is 4.98 Å². The first-order valence-corrected chi connectivity index (χ1v) is 7.13. The molecule has 1 saturated heterocycles. The van der Waals surface area contributed by atoms with Gasteiger partial charge in [-0.05, 0) is 39.0 Å². The summed E-state index contributed by atoms with van der Waals surface area (Å²) in [7, 11) is 0. The molecule has 3 rings (SSSR count). The largest absolute Gasteiger partial charge is 0.478 e. The summed E-state index contributed by atoms with van der Waals surface area (Å²) < 4.78 is 11.3. The van der Waals surface area contributed by atoms with Crippen LogP contribution < -0.4 is 10.1 Å². The number of hydrogen-bond acceptors (Lipinski definition) is 5. The van der Waals surface area contributed by atoms with E-state index >= 15 is 0 Å². The first-order chi connectivity index (χ1) is 9.26. The van der Waals surface area contributed by atoms with Gasteiger partial charge in [0.05, 0.1) is 18.8 Å². The summed E-state index contributed by atoms with van der Waals surface area (Å²) in [5, 5.41) is 3.50. The van der Waals surface area contributed by atoms with E-state index in [2.05, 4.69) is 15.3 Å². The molecule has 2 heterocycles. The SMILES string of the molecule is CCOc1cc(NC2CCOC2C2CC2)nc(C)n1. The second-order valence-corrected chi connectivity index (χ2v) is 5.28. The van der Waals surface area contributed by atoms with Crippen LogP contribution in [0.15, 0.2) is 6.07 Å². The van der Waals surface area contributed by atoms with Crippen LogP contribution in [0.25, 0.3) is 0 Å². The highest BCUT2D eigenvalue weighted by atomic mass is 16.5. The van der Waals surface area contributed by atoms with Crippen molar-refractivity contribution in [2.24, 2.45) is 5.92 Å². The van der Waals surface area contributed by atoms with E-state index in [1.165, 1.54) is 12.8 Å². The smallest absolute Gasteiger partial charge is 0.218 e. The molecule has 0 amide bonds. The average Bonchev–Trinajstić information content (AvgIpc) is 3.10. The molecule has 0 spiro atoms. The lowest BCUT2D eigenvalue weighted by Crippen LogP contribution is -2.31. The minimum Gasteiger partial charge on any atom is -0.478 e. The Morgan fingerprint density at radius 1 is 1.37 bits per heavy atom. The third-order valence-corrected chi connectivity index (χ3v) is 3.66. The van der Waals surface area contributed by atoms with Gasteiger partial charge in [-0.1, -0.05) is 0 Å². The van der Waals surface area contributed by atoms with Gasteiger partial charge in [0.1, 0.15) is 11.6 Å². The summed E-state index contributed by atoms with van der Waals surface area (Å²) >= 11 is 0. The van der Waals surface area contributed by atoms with E-state index < -0.39 is 0 Å². The Balaban J connectivity index is 1.71. The predicted octanol–water partition coefficient (Wildman–Crippen LogP) is 2.16. The molecule has 1 aliphatic heterocycles. The fourth-order valence-corrected chi connectivity index (χ4v) is 2.68. The highest BCUT2D eigenvalue weighted by Crippen LogP contribution is 2.39. The van der Waals surface area contributed by atoms with Gasteiger partial charge >= 0.3 is 0 Å². The Kier molecular flexibility index (Phi) is 3.55. The van der Waals surface area contributed by atoms with Crippen molar-refractivity contribution in [3.63, 3.8) is 0 Å². The van der Waals surface area contributed by atoms with E-state index in [0.717, 1.165) is 30.6 Å². The molecular weight excluding hydrogens is 242 g/mol. The second-order valence-electron chi connectivity index (χ2n) is 5.28. The minimum atomic E-state index is 0.353. The van der Waals surface area contributed by atoms with E-state index in [1.807, 2.05) is 19.9 Å². The van der Waals surface area contributed by atoms with Crippen molar-refractivity contribution in [1.29, 1.82) is 0 Å². The van der Waals surface area contributed by atoms with Crippen molar-refractivity contribution < 1.29 is 9.47 Å². The van der Waals surface area contributed by atoms with Crippen molar-refractivity contribution in [2.75, 3.05) is 18.5 Å². The Hall–Kier alpha value is -1.36. The lowest BCUT2D eigenvalue weighted by Gasteiger charge is -2.20. The van der Waals surface area contributed by atoms with Gasteiger partial charge < -0.3 is 14.8 Å². The molecule has 1 aromatic heterocycles. The molecule has 0 radical (unpaired) electrons. The topological polar surface area (TPSA) is 56.3 Å². The molecule has 2 atom stereocenters. The summed E-state index contributed by atoms with van der Waals surface area (Å²) in [6.07, 6.45) is 4.01. The number of hydrogen-bond donors (Lipinski definition) is 1. The average molecular weight is 263 g/mol. The van der Waals surface area contributed by atoms with Crippen molar-refractivity contribution in [2.45, 2.75) is 45.3 Å². The Bertz CT molecular complexity index is 448. The molecule has 2 unspecified atom stereocenters. The van der Waals surface area contributed by atoms with E-state index in [1.54, 1.807) is 0 Å². The van der Waals surface area contributed by atoms with Crippen LogP contribution in [0.3, 0.4) is 0 Å². The van der Waals surface area contributed by atoms with Crippen LogP contribution in [-0.2, 0) is 4.74 Å². The standard InChI is InChI=1S/C14H21N3O2/c1-3-18-13-8-12(15-9(2)16-13)17-11-6-7-19-14(11)10-4-5-10/h8,10-11,14H,3-7H2,1-2H3,(H,15,16,17). The lowest BCUT2D eigenvalue weighted by molar-refractivity contribution is 0.0898. The molecule has 1 aromatic rings. The van der Waals surface area contributed by atoms with Gasteiger partial charge in [0.25, 0.3) is 0 Å². The molecular formula is C14H21N3O2. The lowest BCUT2D eigenvalue weighted by atomic mass is 10.1. The summed E-state index contributed by atoms with van der Waals surface area (Å²) in [6.45, 7) is 5.31. The summed E-state index contributed by atoms with van der Waals surface area (Å²) in [4.78, 5) is 8.70. The fourth-order valence-electron chi connectivity index (χ4n) is 2.68. The van der Waals surface area contributed by atoms with E-state index in [-0.39, 0.29) is 0 Å². The minimum absolute atomic E-state index is 0.353. The van der Waals surface area contributed by atoms with Crippen LogP contribution >= 0.6 is 0 Å². The molecule has 2 aliphatic rings. The summed E-state index contributed by atoms with van der Waals surface area (Å²) in [5.74, 6) is 2.96. The van der Waals surface area contributed by atoms with Gasteiger partial charge in [0.15, 0.2) is 0 Å². The Labute approximate surface area is 113 Å². The third-order valence-electron chi connectivity index (χ3n) is 3.66. The predicted molar refractivity (Wildman–Crippen MR) is 72.4 cm³/mol. The number of aromatic nitrogens is 2.